The first kappa shape index (κ1) is 21.5. The van der Waals surface area contributed by atoms with Crippen molar-refractivity contribution in [2.24, 2.45) is 11.3 Å². The average Bonchev–Trinajstić information content (AvgIpc) is 2.66. The van der Waals surface area contributed by atoms with Crippen LogP contribution in [0.1, 0.15) is 45.6 Å². The van der Waals surface area contributed by atoms with Gasteiger partial charge in [0.15, 0.2) is 0 Å². The molecule has 7 heteroatoms. The summed E-state index contributed by atoms with van der Waals surface area (Å²) in [4.78, 5) is 24.5. The number of anilines is 1. The van der Waals surface area contributed by atoms with E-state index in [4.69, 9.17) is 0 Å². The predicted octanol–water partition coefficient (Wildman–Crippen LogP) is 3.90. The average molecular weight is 397 g/mol. The molecule has 0 radical (unpaired) electrons. The molecule has 0 unspecified atom stereocenters. The zero-order valence-corrected chi connectivity index (χ0v) is 17.3. The Morgan fingerprint density at radius 2 is 1.96 bits per heavy atom. The predicted molar refractivity (Wildman–Crippen MR) is 110 cm³/mol. The molecule has 28 heavy (non-hydrogen) atoms. The molecule has 0 spiro atoms. The fourth-order valence-electron chi connectivity index (χ4n) is 3.00. The van der Waals surface area contributed by atoms with Gasteiger partial charge < -0.3 is 10.6 Å². The first-order valence-corrected chi connectivity index (χ1v) is 10.1. The molecule has 2 rings (SSSR count). The van der Waals surface area contributed by atoms with Gasteiger partial charge in [-0.15, -0.1) is 0 Å². The third kappa shape index (κ3) is 4.55. The van der Waals surface area contributed by atoms with Crippen LogP contribution in [0, 0.1) is 34.0 Å². The molecular weight excluding hydrogens is 372 g/mol. The minimum atomic E-state index is -0.940. The Kier molecular flexibility index (Phi) is 6.88. The minimum absolute atomic E-state index is 0.0429. The van der Waals surface area contributed by atoms with Crippen LogP contribution in [0.25, 0.3) is 0 Å². The van der Waals surface area contributed by atoms with Crippen molar-refractivity contribution >= 4 is 29.3 Å². The second-order valence-corrected chi connectivity index (χ2v) is 8.34. The molecule has 2 amide bonds. The fourth-order valence-corrected chi connectivity index (χ4v) is 3.97. The molecule has 6 nitrogen and oxygen atoms in total. The van der Waals surface area contributed by atoms with Gasteiger partial charge in [0, 0.05) is 11.1 Å². The zero-order chi connectivity index (χ0) is 20.9. The topological polar surface area (TPSA) is 106 Å². The van der Waals surface area contributed by atoms with Crippen molar-refractivity contribution in [3.8, 4) is 12.1 Å². The van der Waals surface area contributed by atoms with Gasteiger partial charge in [0.2, 0.25) is 11.8 Å². The Morgan fingerprint density at radius 3 is 2.50 bits per heavy atom. The van der Waals surface area contributed by atoms with E-state index in [1.807, 2.05) is 30.3 Å². The molecule has 1 aromatic rings. The van der Waals surface area contributed by atoms with E-state index < -0.39 is 17.2 Å². The molecule has 1 aromatic carbocycles. The lowest BCUT2D eigenvalue weighted by Crippen LogP contribution is -2.44. The van der Waals surface area contributed by atoms with Crippen LogP contribution < -0.4 is 10.6 Å². The maximum atomic E-state index is 12.3. The summed E-state index contributed by atoms with van der Waals surface area (Å²) in [5.41, 5.74) is 1.33. The highest BCUT2D eigenvalue weighted by atomic mass is 32.2. The Morgan fingerprint density at radius 1 is 1.32 bits per heavy atom. The molecule has 0 aromatic heterocycles. The monoisotopic (exact) mass is 396 g/mol. The third-order valence-electron chi connectivity index (χ3n) is 5.06. The molecule has 0 saturated carbocycles. The highest BCUT2D eigenvalue weighted by Gasteiger charge is 2.44. The summed E-state index contributed by atoms with van der Waals surface area (Å²) in [5, 5.41) is 24.5. The number of rotatable bonds is 6. The van der Waals surface area contributed by atoms with Gasteiger partial charge in [-0.05, 0) is 30.0 Å². The second kappa shape index (κ2) is 8.95. The number of hydrogen-bond acceptors (Lipinski definition) is 5. The van der Waals surface area contributed by atoms with Gasteiger partial charge in [-0.25, -0.2) is 0 Å². The van der Waals surface area contributed by atoms with E-state index >= 15 is 0 Å². The van der Waals surface area contributed by atoms with Crippen molar-refractivity contribution in [1.29, 1.82) is 10.5 Å². The largest absolute Gasteiger partial charge is 0.325 e. The lowest BCUT2D eigenvalue weighted by Gasteiger charge is -2.34. The molecule has 146 valence electrons. The summed E-state index contributed by atoms with van der Waals surface area (Å²) in [7, 11) is 0. The van der Waals surface area contributed by atoms with E-state index in [-0.39, 0.29) is 11.7 Å². The van der Waals surface area contributed by atoms with Crippen LogP contribution in [0.2, 0.25) is 0 Å². The lowest BCUT2D eigenvalue weighted by atomic mass is 9.72. The molecule has 2 N–H and O–H groups in total. The van der Waals surface area contributed by atoms with Crippen LogP contribution in [0.4, 0.5) is 5.69 Å². The number of thioether (sulfide) groups is 1. The summed E-state index contributed by atoms with van der Waals surface area (Å²) in [6.07, 6.45) is 1.05. The summed E-state index contributed by atoms with van der Waals surface area (Å²) in [6, 6.07) is 11.8. The van der Waals surface area contributed by atoms with Gasteiger partial charge in [-0.2, -0.15) is 10.5 Å². The molecule has 1 aliphatic rings. The molecule has 0 saturated heterocycles. The second-order valence-electron chi connectivity index (χ2n) is 7.36. The number of carbonyl (C=O) groups excluding carboxylic acids is 2. The zero-order valence-electron chi connectivity index (χ0n) is 16.5. The van der Waals surface area contributed by atoms with Crippen LogP contribution in [0.5, 0.6) is 0 Å². The van der Waals surface area contributed by atoms with E-state index in [0.29, 0.717) is 22.2 Å². The third-order valence-corrected chi connectivity index (χ3v) is 6.06. The van der Waals surface area contributed by atoms with E-state index in [2.05, 4.69) is 30.6 Å². The number of allylic oxidation sites excluding steroid dienone is 1. The van der Waals surface area contributed by atoms with Gasteiger partial charge in [0.25, 0.3) is 0 Å². The first-order valence-electron chi connectivity index (χ1n) is 9.12. The lowest BCUT2D eigenvalue weighted by molar-refractivity contribution is -0.125. The number of nitriles is 2. The quantitative estimate of drug-likeness (QED) is 0.758. The number of amides is 2. The summed E-state index contributed by atoms with van der Waals surface area (Å²) in [5.74, 6) is -1.12. The van der Waals surface area contributed by atoms with E-state index in [0.717, 1.165) is 18.2 Å². The molecular formula is C21H24N4O2S. The standard InChI is InChI=1S/C21H24N4O2S/c1-5-13(2)14-6-8-15(9-7-14)24-18(26)12-28-20-17(11-23)21(3,4)16(10-22)19(27)25-20/h6-9,13,16H,5,12H2,1-4H3,(H,24,26)(H,25,27)/t13-,16+/m1/s1. The van der Waals surface area contributed by atoms with Crippen LogP contribution >= 0.6 is 11.8 Å². The van der Waals surface area contributed by atoms with Crippen molar-refractivity contribution in [2.75, 3.05) is 11.1 Å². The van der Waals surface area contributed by atoms with Gasteiger partial charge in [-0.3, -0.25) is 9.59 Å². The van der Waals surface area contributed by atoms with Gasteiger partial charge in [-0.1, -0.05) is 51.6 Å². The number of carbonyl (C=O) groups is 2. The molecule has 0 fully saturated rings. The Hall–Kier alpha value is -2.77. The Labute approximate surface area is 170 Å². The van der Waals surface area contributed by atoms with Crippen molar-refractivity contribution in [3.63, 3.8) is 0 Å². The maximum absolute atomic E-state index is 12.3. The normalized spacial score (nSPS) is 19.2. The van der Waals surface area contributed by atoms with Crippen LogP contribution in [-0.4, -0.2) is 17.6 Å². The fraction of sp³-hybridized carbons (Fsp3) is 0.429. The summed E-state index contributed by atoms with van der Waals surface area (Å²) in [6.45, 7) is 7.67. The van der Waals surface area contributed by atoms with Crippen molar-refractivity contribution in [3.05, 3.63) is 40.4 Å². The SMILES string of the molecule is CC[C@@H](C)c1ccc(NC(=O)CSC2=C(C#N)C(C)(C)[C@@H](C#N)C(=O)N2)cc1. The van der Waals surface area contributed by atoms with Crippen LogP contribution in [0.3, 0.4) is 0 Å². The highest BCUT2D eigenvalue weighted by Crippen LogP contribution is 2.41. The van der Waals surface area contributed by atoms with E-state index in [9.17, 15) is 20.1 Å². The van der Waals surface area contributed by atoms with E-state index in [1.54, 1.807) is 13.8 Å². The number of benzene rings is 1. The van der Waals surface area contributed by atoms with Crippen LogP contribution in [0.15, 0.2) is 34.9 Å². The van der Waals surface area contributed by atoms with Crippen molar-refractivity contribution in [2.45, 2.75) is 40.0 Å². The van der Waals surface area contributed by atoms with Gasteiger partial charge in [0.1, 0.15) is 5.92 Å². The van der Waals surface area contributed by atoms with Gasteiger partial charge in [0.05, 0.1) is 28.5 Å². The molecule has 0 bridgehead atoms. The molecule has 2 atom stereocenters. The van der Waals surface area contributed by atoms with Crippen molar-refractivity contribution in [1.82, 2.24) is 5.32 Å². The summed E-state index contributed by atoms with van der Waals surface area (Å²) < 4.78 is 0. The maximum Gasteiger partial charge on any atom is 0.243 e. The molecule has 0 aliphatic carbocycles. The first-order chi connectivity index (χ1) is 13.2. The Balaban J connectivity index is 2.05. The molecule has 1 aliphatic heterocycles. The number of nitrogens with zero attached hydrogens (tertiary/aromatic N) is 2. The summed E-state index contributed by atoms with van der Waals surface area (Å²) >= 11 is 1.09. The van der Waals surface area contributed by atoms with Gasteiger partial charge >= 0.3 is 0 Å². The smallest absolute Gasteiger partial charge is 0.243 e. The van der Waals surface area contributed by atoms with Crippen molar-refractivity contribution < 1.29 is 9.59 Å². The van der Waals surface area contributed by atoms with Crippen LogP contribution in [-0.2, 0) is 9.59 Å². The highest BCUT2D eigenvalue weighted by molar-refractivity contribution is 8.03. The molecule has 1 heterocycles. The van der Waals surface area contributed by atoms with E-state index in [1.165, 1.54) is 5.56 Å². The number of nitrogens with one attached hydrogen (secondary N) is 2. The Bertz CT molecular complexity index is 875. The minimum Gasteiger partial charge on any atom is -0.325 e. The number of hydrogen-bond donors (Lipinski definition) is 2.